The molecule has 1 fully saturated rings. The van der Waals surface area contributed by atoms with Gasteiger partial charge in [-0.05, 0) is 24.3 Å². The van der Waals surface area contributed by atoms with Crippen LogP contribution in [0.15, 0.2) is 53.1 Å². The number of piperazine rings is 1. The molecule has 1 aromatic carbocycles. The molecule has 3 heterocycles. The highest BCUT2D eigenvalue weighted by Gasteiger charge is 2.25. The van der Waals surface area contributed by atoms with E-state index in [1.807, 2.05) is 0 Å². The average Bonchev–Trinajstić information content (AvgIpc) is 3.12. The van der Waals surface area contributed by atoms with Gasteiger partial charge in [0, 0.05) is 56.3 Å². The van der Waals surface area contributed by atoms with Crippen molar-refractivity contribution in [3.8, 4) is 0 Å². The topological polar surface area (TPSA) is 92.7 Å². The number of fused-ring (bicyclic) bond motifs is 1. The summed E-state index contributed by atoms with van der Waals surface area (Å²) in [4.78, 5) is 31.0. The van der Waals surface area contributed by atoms with Crippen LogP contribution in [0.4, 0.5) is 11.4 Å². The van der Waals surface area contributed by atoms with E-state index in [4.69, 9.17) is 4.42 Å². The maximum absolute atomic E-state index is 12.6. The van der Waals surface area contributed by atoms with Crippen molar-refractivity contribution in [3.05, 3.63) is 64.5 Å². The fourth-order valence-electron chi connectivity index (χ4n) is 3.08. The molecule has 4 rings (SSSR count). The maximum atomic E-state index is 12.6. The summed E-state index contributed by atoms with van der Waals surface area (Å²) in [6, 6.07) is 11.7. The highest BCUT2D eigenvalue weighted by atomic mass is 16.6. The van der Waals surface area contributed by atoms with Gasteiger partial charge in [0.05, 0.1) is 4.92 Å². The van der Waals surface area contributed by atoms with E-state index < -0.39 is 4.92 Å². The summed E-state index contributed by atoms with van der Waals surface area (Å²) in [5, 5.41) is 10.7. The normalized spacial score (nSPS) is 14.6. The quantitative estimate of drug-likeness (QED) is 0.531. The third-order valence-corrected chi connectivity index (χ3v) is 4.49. The molecule has 26 heavy (non-hydrogen) atoms. The van der Waals surface area contributed by atoms with Gasteiger partial charge >= 0.3 is 0 Å². The zero-order valence-corrected chi connectivity index (χ0v) is 13.9. The predicted molar refractivity (Wildman–Crippen MR) is 95.2 cm³/mol. The summed E-state index contributed by atoms with van der Waals surface area (Å²) in [6.07, 6.45) is 1.66. The summed E-state index contributed by atoms with van der Waals surface area (Å²) >= 11 is 0. The number of amides is 1. The van der Waals surface area contributed by atoms with Crippen molar-refractivity contribution >= 4 is 28.4 Å². The van der Waals surface area contributed by atoms with Crippen LogP contribution in [0.2, 0.25) is 0 Å². The first-order valence-electron chi connectivity index (χ1n) is 8.25. The van der Waals surface area contributed by atoms with Crippen molar-refractivity contribution in [2.45, 2.75) is 0 Å². The molecule has 3 aromatic rings. The van der Waals surface area contributed by atoms with Gasteiger partial charge < -0.3 is 14.2 Å². The first-order valence-corrected chi connectivity index (χ1v) is 8.25. The van der Waals surface area contributed by atoms with Crippen LogP contribution >= 0.6 is 0 Å². The van der Waals surface area contributed by atoms with Gasteiger partial charge in [0.15, 0.2) is 11.3 Å². The molecule has 0 N–H and O–H groups in total. The highest BCUT2D eigenvalue weighted by Crippen LogP contribution is 2.22. The third-order valence-electron chi connectivity index (χ3n) is 4.49. The van der Waals surface area contributed by atoms with Crippen LogP contribution in [0.25, 0.3) is 11.1 Å². The summed E-state index contributed by atoms with van der Waals surface area (Å²) < 4.78 is 5.60. The molecule has 0 spiro atoms. The number of non-ortho nitro benzene ring substituents is 1. The van der Waals surface area contributed by atoms with Crippen molar-refractivity contribution in [1.29, 1.82) is 0 Å². The Morgan fingerprint density at radius 1 is 1.12 bits per heavy atom. The van der Waals surface area contributed by atoms with E-state index in [2.05, 4.69) is 9.88 Å². The Kier molecular flexibility index (Phi) is 4.00. The largest absolute Gasteiger partial charge is 0.449 e. The second-order valence-corrected chi connectivity index (χ2v) is 6.05. The van der Waals surface area contributed by atoms with Crippen LogP contribution in [0.3, 0.4) is 0 Å². The van der Waals surface area contributed by atoms with E-state index in [1.165, 1.54) is 12.1 Å². The van der Waals surface area contributed by atoms with Crippen molar-refractivity contribution in [3.63, 3.8) is 0 Å². The Morgan fingerprint density at radius 2 is 1.85 bits per heavy atom. The number of carbonyl (C=O) groups is 1. The number of aromatic nitrogens is 1. The van der Waals surface area contributed by atoms with Crippen molar-refractivity contribution < 1.29 is 14.1 Å². The molecule has 1 aliphatic heterocycles. The molecule has 8 heteroatoms. The number of pyridine rings is 1. The van der Waals surface area contributed by atoms with Gasteiger partial charge in [-0.1, -0.05) is 0 Å². The highest BCUT2D eigenvalue weighted by molar-refractivity contribution is 5.95. The van der Waals surface area contributed by atoms with Crippen LogP contribution in [-0.4, -0.2) is 46.9 Å². The molecule has 0 bridgehead atoms. The minimum Gasteiger partial charge on any atom is -0.449 e. The number of hydrogen-bond donors (Lipinski definition) is 0. The fraction of sp³-hybridized carbons (Fsp3) is 0.222. The van der Waals surface area contributed by atoms with Crippen LogP contribution in [0.1, 0.15) is 10.6 Å². The van der Waals surface area contributed by atoms with E-state index in [-0.39, 0.29) is 11.6 Å². The van der Waals surface area contributed by atoms with Gasteiger partial charge in [-0.2, -0.15) is 0 Å². The summed E-state index contributed by atoms with van der Waals surface area (Å²) in [5.74, 6) is 0.147. The third kappa shape index (κ3) is 2.97. The molecular weight excluding hydrogens is 336 g/mol. The fourth-order valence-corrected chi connectivity index (χ4v) is 3.08. The minimum absolute atomic E-state index is 0.0704. The first kappa shape index (κ1) is 16.1. The van der Waals surface area contributed by atoms with Gasteiger partial charge in [0.25, 0.3) is 11.6 Å². The first-order chi connectivity index (χ1) is 12.6. The number of rotatable bonds is 3. The zero-order chi connectivity index (χ0) is 18.1. The van der Waals surface area contributed by atoms with E-state index in [1.54, 1.807) is 41.4 Å². The molecular formula is C18H16N4O4. The van der Waals surface area contributed by atoms with Gasteiger partial charge in [0.1, 0.15) is 5.52 Å². The Balaban J connectivity index is 1.42. The number of carbonyl (C=O) groups excluding carboxylic acids is 1. The summed E-state index contributed by atoms with van der Waals surface area (Å²) in [6.45, 7) is 2.42. The molecule has 0 radical (unpaired) electrons. The van der Waals surface area contributed by atoms with Crippen LogP contribution < -0.4 is 4.90 Å². The molecule has 1 aliphatic rings. The maximum Gasteiger partial charge on any atom is 0.289 e. The van der Waals surface area contributed by atoms with Crippen molar-refractivity contribution in [2.24, 2.45) is 0 Å². The number of furan rings is 1. The molecule has 8 nitrogen and oxygen atoms in total. The van der Waals surface area contributed by atoms with Gasteiger partial charge in [-0.25, -0.2) is 0 Å². The minimum atomic E-state index is -0.414. The summed E-state index contributed by atoms with van der Waals surface area (Å²) in [7, 11) is 0. The molecule has 1 amide bonds. The van der Waals surface area contributed by atoms with Crippen LogP contribution in [-0.2, 0) is 0 Å². The van der Waals surface area contributed by atoms with E-state index in [0.717, 1.165) is 5.69 Å². The monoisotopic (exact) mass is 352 g/mol. The summed E-state index contributed by atoms with van der Waals surface area (Å²) in [5.41, 5.74) is 2.25. The van der Waals surface area contributed by atoms with Crippen LogP contribution in [0, 0.1) is 10.1 Å². The predicted octanol–water partition coefficient (Wildman–Crippen LogP) is 2.70. The number of benzene rings is 1. The standard InChI is InChI=1S/C18H16N4O4/c23-18(17-12-15-16(26-17)2-1-7-19-15)21-10-8-20(9-11-21)13-3-5-14(6-4-13)22(24)25/h1-7,12H,8-11H2. The lowest BCUT2D eigenvalue weighted by Crippen LogP contribution is -2.48. The smallest absolute Gasteiger partial charge is 0.289 e. The van der Waals surface area contributed by atoms with Gasteiger partial charge in [-0.15, -0.1) is 0 Å². The number of nitro groups is 1. The Morgan fingerprint density at radius 3 is 2.50 bits per heavy atom. The SMILES string of the molecule is O=C(c1cc2ncccc2o1)N1CCN(c2ccc([N+](=O)[O-])cc2)CC1. The molecule has 0 saturated carbocycles. The van der Waals surface area contributed by atoms with Gasteiger partial charge in [-0.3, -0.25) is 19.9 Å². The second kappa shape index (κ2) is 6.47. The zero-order valence-electron chi connectivity index (χ0n) is 13.9. The Bertz CT molecular complexity index is 926. The van der Waals surface area contributed by atoms with Crippen molar-refractivity contribution in [1.82, 2.24) is 9.88 Å². The Hall–Kier alpha value is -3.42. The molecule has 132 valence electrons. The van der Waals surface area contributed by atoms with E-state index >= 15 is 0 Å². The molecule has 1 saturated heterocycles. The number of hydrogen-bond acceptors (Lipinski definition) is 6. The number of anilines is 1. The van der Waals surface area contributed by atoms with E-state index in [0.29, 0.717) is 43.0 Å². The second-order valence-electron chi connectivity index (χ2n) is 6.05. The number of nitro benzene ring substituents is 1. The molecule has 2 aromatic heterocycles. The van der Waals surface area contributed by atoms with E-state index in [9.17, 15) is 14.9 Å². The lowest BCUT2D eigenvalue weighted by atomic mass is 10.2. The number of nitrogens with zero attached hydrogens (tertiary/aromatic N) is 4. The molecule has 0 atom stereocenters. The lowest BCUT2D eigenvalue weighted by Gasteiger charge is -2.35. The molecule has 0 unspecified atom stereocenters. The lowest BCUT2D eigenvalue weighted by molar-refractivity contribution is -0.384. The molecule has 0 aliphatic carbocycles. The van der Waals surface area contributed by atoms with Crippen molar-refractivity contribution in [2.75, 3.05) is 31.1 Å². The Labute approximate surface area is 148 Å². The van der Waals surface area contributed by atoms with Gasteiger partial charge in [0.2, 0.25) is 0 Å². The van der Waals surface area contributed by atoms with Crippen LogP contribution in [0.5, 0.6) is 0 Å². The average molecular weight is 352 g/mol.